The Morgan fingerprint density at radius 3 is 2.53 bits per heavy atom. The number of nitrogens with zero attached hydrogens (tertiary/aromatic N) is 3. The summed E-state index contributed by atoms with van der Waals surface area (Å²) in [5.41, 5.74) is 0.268. The molecule has 0 saturated carbocycles. The molecule has 1 heterocycles. The molecule has 7 nitrogen and oxygen atoms in total. The minimum absolute atomic E-state index is 0.0352. The van der Waals surface area contributed by atoms with Crippen LogP contribution in [0.15, 0.2) is 0 Å². The Balaban J connectivity index is 3.10. The molecule has 0 aliphatic heterocycles. The zero-order valence-corrected chi connectivity index (χ0v) is 12.6. The van der Waals surface area contributed by atoms with Crippen molar-refractivity contribution in [2.24, 2.45) is 0 Å². The van der Waals surface area contributed by atoms with Gasteiger partial charge < -0.3 is 10.6 Å². The Morgan fingerprint density at radius 1 is 1.42 bits per heavy atom. The van der Waals surface area contributed by atoms with Gasteiger partial charge >= 0.3 is 5.69 Å². The van der Waals surface area contributed by atoms with Crippen LogP contribution in [0.4, 0.5) is 17.5 Å². The van der Waals surface area contributed by atoms with E-state index in [1.54, 1.807) is 25.7 Å². The van der Waals surface area contributed by atoms with Crippen LogP contribution < -0.4 is 10.6 Å². The fraction of sp³-hybridized carbons (Fsp3) is 0.636. The van der Waals surface area contributed by atoms with Crippen molar-refractivity contribution in [2.45, 2.75) is 25.5 Å². The highest BCUT2D eigenvalue weighted by molar-refractivity contribution is 7.99. The third kappa shape index (κ3) is 3.95. The van der Waals surface area contributed by atoms with E-state index in [-0.39, 0.29) is 16.3 Å². The molecule has 0 bridgehead atoms. The fourth-order valence-electron chi connectivity index (χ4n) is 1.39. The molecule has 0 aliphatic carbocycles. The van der Waals surface area contributed by atoms with Crippen LogP contribution in [0, 0.1) is 17.0 Å². The summed E-state index contributed by atoms with van der Waals surface area (Å²) in [5, 5.41) is 16.9. The fourth-order valence-corrected chi connectivity index (χ4v) is 1.61. The highest BCUT2D eigenvalue weighted by Gasteiger charge is 2.24. The summed E-state index contributed by atoms with van der Waals surface area (Å²) in [5.74, 6) is 0.622. The third-order valence-corrected chi connectivity index (χ3v) is 3.95. The van der Waals surface area contributed by atoms with Crippen LogP contribution in [0.1, 0.15) is 19.5 Å². The summed E-state index contributed by atoms with van der Waals surface area (Å²) in [7, 11) is 1.68. The van der Waals surface area contributed by atoms with Crippen LogP contribution in [0.25, 0.3) is 0 Å². The van der Waals surface area contributed by atoms with Gasteiger partial charge in [-0.3, -0.25) is 10.1 Å². The highest BCUT2D eigenvalue weighted by Crippen LogP contribution is 2.28. The lowest BCUT2D eigenvalue weighted by atomic mass is 10.2. The van der Waals surface area contributed by atoms with Crippen LogP contribution in [0.3, 0.4) is 0 Å². The molecule has 106 valence electrons. The predicted octanol–water partition coefficient (Wildman–Crippen LogP) is 2.29. The first-order chi connectivity index (χ1) is 8.80. The average molecular weight is 285 g/mol. The average Bonchev–Trinajstić information content (AvgIpc) is 2.35. The number of hydrogen-bond donors (Lipinski definition) is 2. The van der Waals surface area contributed by atoms with E-state index in [9.17, 15) is 10.1 Å². The molecule has 0 radical (unpaired) electrons. The molecular weight excluding hydrogens is 266 g/mol. The van der Waals surface area contributed by atoms with Crippen LogP contribution in [-0.4, -0.2) is 39.5 Å². The van der Waals surface area contributed by atoms with Crippen LogP contribution in [0.2, 0.25) is 0 Å². The Bertz CT molecular complexity index is 478. The summed E-state index contributed by atoms with van der Waals surface area (Å²) in [6.07, 6.45) is 2.00. The van der Waals surface area contributed by atoms with Gasteiger partial charge in [0.2, 0.25) is 11.8 Å². The Hall–Kier alpha value is -1.57. The molecule has 0 aliphatic rings. The van der Waals surface area contributed by atoms with E-state index >= 15 is 0 Å². The highest BCUT2D eigenvalue weighted by atomic mass is 32.2. The minimum atomic E-state index is -0.455. The van der Waals surface area contributed by atoms with Gasteiger partial charge in [0.1, 0.15) is 5.69 Å². The summed E-state index contributed by atoms with van der Waals surface area (Å²) in [6.45, 7) is 6.30. The van der Waals surface area contributed by atoms with E-state index in [0.29, 0.717) is 18.2 Å². The molecule has 0 fully saturated rings. The van der Waals surface area contributed by atoms with Crippen molar-refractivity contribution in [3.8, 4) is 0 Å². The number of nitrogens with one attached hydrogen (secondary N) is 2. The zero-order chi connectivity index (χ0) is 14.6. The molecule has 1 aromatic heterocycles. The number of aromatic nitrogens is 2. The van der Waals surface area contributed by atoms with E-state index in [4.69, 9.17) is 0 Å². The van der Waals surface area contributed by atoms with Crippen molar-refractivity contribution in [1.82, 2.24) is 9.97 Å². The lowest BCUT2D eigenvalue weighted by Crippen LogP contribution is -2.26. The summed E-state index contributed by atoms with van der Waals surface area (Å²) in [6, 6.07) is 0. The lowest BCUT2D eigenvalue weighted by molar-refractivity contribution is -0.385. The van der Waals surface area contributed by atoms with Crippen molar-refractivity contribution in [1.29, 1.82) is 0 Å². The lowest BCUT2D eigenvalue weighted by Gasteiger charge is -2.22. The van der Waals surface area contributed by atoms with Gasteiger partial charge in [-0.25, -0.2) is 4.98 Å². The topological polar surface area (TPSA) is 93.0 Å². The molecule has 19 heavy (non-hydrogen) atoms. The Kier molecular flexibility index (Phi) is 4.93. The van der Waals surface area contributed by atoms with Gasteiger partial charge in [-0.15, -0.1) is 0 Å². The zero-order valence-electron chi connectivity index (χ0n) is 11.8. The van der Waals surface area contributed by atoms with Crippen LogP contribution in [-0.2, 0) is 0 Å². The number of hydrogen-bond acceptors (Lipinski definition) is 7. The first kappa shape index (κ1) is 15.5. The minimum Gasteiger partial charge on any atom is -0.363 e. The predicted molar refractivity (Wildman–Crippen MR) is 79.1 cm³/mol. The van der Waals surface area contributed by atoms with E-state index in [2.05, 4.69) is 34.4 Å². The van der Waals surface area contributed by atoms with E-state index in [0.717, 1.165) is 0 Å². The normalized spacial score (nSPS) is 11.2. The molecule has 0 unspecified atom stereocenters. The van der Waals surface area contributed by atoms with E-state index in [1.165, 1.54) is 0 Å². The van der Waals surface area contributed by atoms with Crippen molar-refractivity contribution >= 4 is 29.2 Å². The van der Waals surface area contributed by atoms with Gasteiger partial charge in [0.15, 0.2) is 0 Å². The van der Waals surface area contributed by atoms with Crippen LogP contribution in [0.5, 0.6) is 0 Å². The maximum atomic E-state index is 11.1. The molecule has 2 N–H and O–H groups in total. The molecule has 8 heteroatoms. The van der Waals surface area contributed by atoms with E-state index < -0.39 is 4.92 Å². The number of nitro groups is 1. The van der Waals surface area contributed by atoms with Crippen molar-refractivity contribution in [3.05, 3.63) is 15.8 Å². The van der Waals surface area contributed by atoms with Crippen molar-refractivity contribution in [2.75, 3.05) is 30.5 Å². The van der Waals surface area contributed by atoms with Crippen molar-refractivity contribution in [3.63, 3.8) is 0 Å². The summed E-state index contributed by atoms with van der Waals surface area (Å²) in [4.78, 5) is 18.8. The Labute approximate surface area is 116 Å². The first-order valence-electron chi connectivity index (χ1n) is 5.80. The smallest absolute Gasteiger partial charge is 0.332 e. The number of aryl methyl sites for hydroxylation is 1. The van der Waals surface area contributed by atoms with Gasteiger partial charge in [-0.1, -0.05) is 0 Å². The second-order valence-electron chi connectivity index (χ2n) is 4.65. The van der Waals surface area contributed by atoms with Gasteiger partial charge in [-0.05, 0) is 27.0 Å². The number of anilines is 2. The molecule has 0 amide bonds. The van der Waals surface area contributed by atoms with E-state index in [1.807, 2.05) is 6.26 Å². The largest absolute Gasteiger partial charge is 0.363 e. The summed E-state index contributed by atoms with van der Waals surface area (Å²) < 4.78 is -0.0352. The number of thioether (sulfide) groups is 1. The van der Waals surface area contributed by atoms with Crippen molar-refractivity contribution < 1.29 is 4.92 Å². The molecule has 1 rings (SSSR count). The second kappa shape index (κ2) is 6.05. The third-order valence-electron chi connectivity index (χ3n) is 2.70. The first-order valence-corrected chi connectivity index (χ1v) is 7.03. The molecule has 0 spiro atoms. The SMILES string of the molecule is CNc1nc(C)c([N+](=O)[O-])c(NCC(C)(C)SC)n1. The molecular formula is C11H19N5O2S. The standard InChI is InChI=1S/C11H19N5O2S/c1-7-8(16(17)18)9(15-10(12-4)14-7)13-6-11(2,3)19-5/h6H2,1-5H3,(H2,12,13,14,15). The maximum absolute atomic E-state index is 11.1. The van der Waals surface area contributed by atoms with Gasteiger partial charge in [0.05, 0.1) is 4.92 Å². The van der Waals surface area contributed by atoms with Gasteiger partial charge in [0.25, 0.3) is 0 Å². The maximum Gasteiger partial charge on any atom is 0.332 e. The second-order valence-corrected chi connectivity index (χ2v) is 6.17. The quantitative estimate of drug-likeness (QED) is 0.611. The molecule has 0 aromatic carbocycles. The molecule has 1 aromatic rings. The monoisotopic (exact) mass is 285 g/mol. The van der Waals surface area contributed by atoms with Gasteiger partial charge in [-0.2, -0.15) is 16.7 Å². The summed E-state index contributed by atoms with van der Waals surface area (Å²) >= 11 is 1.68. The Morgan fingerprint density at radius 2 is 2.05 bits per heavy atom. The van der Waals surface area contributed by atoms with Gasteiger partial charge in [0, 0.05) is 18.3 Å². The molecule has 0 saturated heterocycles. The van der Waals surface area contributed by atoms with Crippen LogP contribution >= 0.6 is 11.8 Å². The molecule has 0 atom stereocenters. The number of rotatable bonds is 6.